The highest BCUT2D eigenvalue weighted by atomic mass is 32.2. The van der Waals surface area contributed by atoms with Gasteiger partial charge in [0.1, 0.15) is 7.11 Å². The maximum absolute atomic E-state index is 12.7. The van der Waals surface area contributed by atoms with E-state index in [2.05, 4.69) is 15.0 Å². The van der Waals surface area contributed by atoms with Crippen LogP contribution < -0.4 is 0 Å². The topological polar surface area (TPSA) is 34.0 Å². The second kappa shape index (κ2) is 6.48. The molecule has 1 heterocycles. The molecule has 7 heteroatoms. The van der Waals surface area contributed by atoms with Crippen LogP contribution in [0.2, 0.25) is 0 Å². The molecule has 1 aliphatic rings. The van der Waals surface area contributed by atoms with Gasteiger partial charge in [-0.3, -0.25) is 4.99 Å². The third-order valence-electron chi connectivity index (χ3n) is 2.09. The van der Waals surface area contributed by atoms with Gasteiger partial charge in [-0.25, -0.2) is 4.39 Å². The van der Waals surface area contributed by atoms with Crippen molar-refractivity contribution in [3.63, 3.8) is 0 Å². The molecular weight excluding hydrogens is 253 g/mol. The molecule has 0 spiro atoms. The van der Waals surface area contributed by atoms with Crippen LogP contribution in [0.1, 0.15) is 13.3 Å². The van der Waals surface area contributed by atoms with Crippen LogP contribution in [0, 0.1) is 0 Å². The monoisotopic (exact) mass is 266 g/mol. The molecule has 1 aliphatic heterocycles. The van der Waals surface area contributed by atoms with E-state index < -0.39 is 22.8 Å². The van der Waals surface area contributed by atoms with Gasteiger partial charge in [0, 0.05) is 23.1 Å². The van der Waals surface area contributed by atoms with Crippen LogP contribution in [0.15, 0.2) is 33.2 Å². The van der Waals surface area contributed by atoms with Crippen molar-refractivity contribution >= 4 is 22.2 Å². The van der Waals surface area contributed by atoms with Crippen molar-refractivity contribution in [1.29, 1.82) is 0 Å². The van der Waals surface area contributed by atoms with E-state index in [0.717, 1.165) is 4.91 Å². The molecular formula is C10H13F3N2OS. The van der Waals surface area contributed by atoms with Gasteiger partial charge in [-0.2, -0.15) is 19.7 Å². The molecule has 0 N–H and O–H groups in total. The normalized spacial score (nSPS) is 21.4. The van der Waals surface area contributed by atoms with Crippen LogP contribution >= 0.6 is 10.9 Å². The number of oxime groups is 1. The lowest BCUT2D eigenvalue weighted by Crippen LogP contribution is -2.01. The minimum absolute atomic E-state index is 0.280. The first-order valence-electron chi connectivity index (χ1n) is 4.84. The van der Waals surface area contributed by atoms with Crippen molar-refractivity contribution in [3.8, 4) is 0 Å². The second-order valence-corrected chi connectivity index (χ2v) is 5.35. The number of hydrogen-bond acceptors (Lipinski definition) is 3. The molecule has 0 aromatic carbocycles. The van der Waals surface area contributed by atoms with E-state index in [1.54, 1.807) is 18.7 Å². The zero-order chi connectivity index (χ0) is 12.8. The summed E-state index contributed by atoms with van der Waals surface area (Å²) in [5.74, 6) is -1.06. The summed E-state index contributed by atoms with van der Waals surface area (Å²) in [5, 5.41) is 3.75. The lowest BCUT2D eigenvalue weighted by atomic mass is 10.4. The van der Waals surface area contributed by atoms with E-state index in [4.69, 9.17) is 0 Å². The third kappa shape index (κ3) is 3.92. The highest BCUT2D eigenvalue weighted by molar-refractivity contribution is 8.32. The Hall–Kier alpha value is -1.24. The van der Waals surface area contributed by atoms with Gasteiger partial charge in [-0.15, -0.1) is 0 Å². The third-order valence-corrected chi connectivity index (χ3v) is 4.26. The van der Waals surface area contributed by atoms with E-state index in [9.17, 15) is 13.2 Å². The van der Waals surface area contributed by atoms with Gasteiger partial charge < -0.3 is 4.84 Å². The van der Waals surface area contributed by atoms with Crippen LogP contribution in [0.5, 0.6) is 0 Å². The number of thiol groups is 1. The summed E-state index contributed by atoms with van der Waals surface area (Å²) in [7, 11) is 0.554. The van der Waals surface area contributed by atoms with E-state index in [-0.39, 0.29) is 6.42 Å². The SMILES string of the molecule is CO/N=C(\C)C1=CN=C[SH]1CCC(F)=C(F)F. The molecule has 0 bridgehead atoms. The summed E-state index contributed by atoms with van der Waals surface area (Å²) in [6.45, 7) is 1.74. The molecule has 1 unspecified atom stereocenters. The Bertz CT molecular complexity index is 400. The van der Waals surface area contributed by atoms with Gasteiger partial charge in [0.15, 0.2) is 5.83 Å². The van der Waals surface area contributed by atoms with E-state index in [1.165, 1.54) is 7.11 Å². The predicted molar refractivity (Wildman–Crippen MR) is 65.5 cm³/mol. The summed E-state index contributed by atoms with van der Waals surface area (Å²) in [5.41, 5.74) is 2.30. The van der Waals surface area contributed by atoms with Crippen molar-refractivity contribution in [2.75, 3.05) is 12.9 Å². The first-order chi connectivity index (χ1) is 8.06. The number of nitrogens with zero attached hydrogens (tertiary/aromatic N) is 2. The second-order valence-electron chi connectivity index (χ2n) is 3.25. The molecule has 0 saturated heterocycles. The Morgan fingerprint density at radius 3 is 2.76 bits per heavy atom. The van der Waals surface area contributed by atoms with Gasteiger partial charge in [0.25, 0.3) is 0 Å². The van der Waals surface area contributed by atoms with Crippen LogP contribution in [-0.4, -0.2) is 24.1 Å². The van der Waals surface area contributed by atoms with Crippen molar-refractivity contribution in [3.05, 3.63) is 23.0 Å². The lowest BCUT2D eigenvalue weighted by molar-refractivity contribution is 0.213. The zero-order valence-corrected chi connectivity index (χ0v) is 10.3. The fourth-order valence-corrected chi connectivity index (χ4v) is 3.11. The summed E-state index contributed by atoms with van der Waals surface area (Å²) >= 11 is 0. The highest BCUT2D eigenvalue weighted by Gasteiger charge is 2.17. The van der Waals surface area contributed by atoms with Crippen LogP contribution in [-0.2, 0) is 4.84 Å². The molecule has 0 aliphatic carbocycles. The van der Waals surface area contributed by atoms with E-state index in [1.807, 2.05) is 0 Å². The molecule has 96 valence electrons. The number of allylic oxidation sites excluding steroid dienone is 2. The van der Waals surface area contributed by atoms with E-state index in [0.29, 0.717) is 11.5 Å². The molecule has 0 radical (unpaired) electrons. The Morgan fingerprint density at radius 2 is 2.18 bits per heavy atom. The van der Waals surface area contributed by atoms with Crippen molar-refractivity contribution in [2.24, 2.45) is 10.1 Å². The molecule has 0 aromatic heterocycles. The molecule has 0 aromatic rings. The minimum Gasteiger partial charge on any atom is -0.399 e. The van der Waals surface area contributed by atoms with Gasteiger partial charge in [-0.05, 0) is 12.7 Å². The summed E-state index contributed by atoms with van der Waals surface area (Å²) in [6, 6.07) is 0. The summed E-state index contributed by atoms with van der Waals surface area (Å²) < 4.78 is 36.5. The smallest absolute Gasteiger partial charge is 0.301 e. The van der Waals surface area contributed by atoms with Gasteiger partial charge >= 0.3 is 6.08 Å². The largest absolute Gasteiger partial charge is 0.399 e. The number of halogens is 3. The minimum atomic E-state index is -2.25. The molecule has 0 fully saturated rings. The molecule has 3 nitrogen and oxygen atoms in total. The first-order valence-corrected chi connectivity index (χ1v) is 6.43. The maximum atomic E-state index is 12.7. The Labute approximate surface area is 100 Å². The van der Waals surface area contributed by atoms with Crippen LogP contribution in [0.4, 0.5) is 13.2 Å². The molecule has 0 saturated carbocycles. The van der Waals surface area contributed by atoms with Gasteiger partial charge in [0.2, 0.25) is 0 Å². The maximum Gasteiger partial charge on any atom is 0.301 e. The standard InChI is InChI=1S/C10H13F3N2OS/c1-7(15-16-2)9-5-14-6-17(9)4-3-8(11)10(12)13/h5-6,17H,3-4H2,1-2H3/b15-7+. The van der Waals surface area contributed by atoms with Crippen molar-refractivity contribution in [2.45, 2.75) is 13.3 Å². The fourth-order valence-electron chi connectivity index (χ4n) is 1.30. The molecule has 1 atom stereocenters. The average molecular weight is 266 g/mol. The van der Waals surface area contributed by atoms with Crippen molar-refractivity contribution in [1.82, 2.24) is 0 Å². The quantitative estimate of drug-likeness (QED) is 0.462. The Kier molecular flexibility index (Phi) is 5.27. The van der Waals surface area contributed by atoms with Crippen LogP contribution in [0.3, 0.4) is 0 Å². The zero-order valence-electron chi connectivity index (χ0n) is 9.45. The van der Waals surface area contributed by atoms with Crippen molar-refractivity contribution < 1.29 is 18.0 Å². The Balaban J connectivity index is 2.61. The molecule has 17 heavy (non-hydrogen) atoms. The fraction of sp³-hybridized carbons (Fsp3) is 0.400. The molecule has 1 rings (SSSR count). The summed E-state index contributed by atoms with van der Waals surface area (Å²) in [6.07, 6.45) is -0.918. The number of aliphatic imine (C=N–C) groups is 1. The summed E-state index contributed by atoms with van der Waals surface area (Å²) in [4.78, 5) is 9.41. The average Bonchev–Trinajstić information content (AvgIpc) is 2.74. The van der Waals surface area contributed by atoms with Gasteiger partial charge in [-0.1, -0.05) is 5.16 Å². The number of rotatable bonds is 5. The van der Waals surface area contributed by atoms with Gasteiger partial charge in [0.05, 0.1) is 5.71 Å². The predicted octanol–water partition coefficient (Wildman–Crippen LogP) is 3.36. The number of hydrogen-bond donors (Lipinski definition) is 1. The Morgan fingerprint density at radius 1 is 1.47 bits per heavy atom. The first kappa shape index (κ1) is 13.8. The lowest BCUT2D eigenvalue weighted by Gasteiger charge is -2.15. The molecule has 0 amide bonds. The highest BCUT2D eigenvalue weighted by Crippen LogP contribution is 2.39. The van der Waals surface area contributed by atoms with E-state index >= 15 is 0 Å². The van der Waals surface area contributed by atoms with Crippen LogP contribution in [0.25, 0.3) is 0 Å².